The van der Waals surface area contributed by atoms with Gasteiger partial charge in [0.05, 0.1) is 17.5 Å². The first kappa shape index (κ1) is 21.5. The van der Waals surface area contributed by atoms with Gasteiger partial charge in [0.1, 0.15) is 11.3 Å². The molecule has 1 heterocycles. The average Bonchev–Trinajstić information content (AvgIpc) is 2.79. The Hall–Kier alpha value is -3.77. The van der Waals surface area contributed by atoms with Crippen LogP contribution in [0.3, 0.4) is 0 Å². The van der Waals surface area contributed by atoms with Crippen molar-refractivity contribution >= 4 is 34.2 Å². The molecule has 7 heteroatoms. The molecule has 0 aliphatic heterocycles. The number of fused-ring (bicyclic) bond motifs is 1. The van der Waals surface area contributed by atoms with Gasteiger partial charge in [-0.3, -0.25) is 9.59 Å². The number of aryl methyl sites for hydroxylation is 1. The largest absolute Gasteiger partial charge is 0.495 e. The van der Waals surface area contributed by atoms with Gasteiger partial charge in [-0.25, -0.2) is 0 Å². The van der Waals surface area contributed by atoms with Crippen molar-refractivity contribution in [2.45, 2.75) is 6.92 Å². The maximum absolute atomic E-state index is 13.2. The Balaban J connectivity index is 1.64. The zero-order valence-electron chi connectivity index (χ0n) is 17.5. The van der Waals surface area contributed by atoms with Gasteiger partial charge < -0.3 is 19.2 Å². The standard InChI is InChI=1S/C25H20ClNO5/c1-15-8-10-20-18(12-15)23(29)25(24(32-20)16-6-4-3-5-7-16)31-14-22(28)27-17-9-11-21(30-2)19(26)13-17/h3-13H,14H2,1-2H3,(H,27,28). The summed E-state index contributed by atoms with van der Waals surface area (Å²) in [5.41, 5.74) is 2.17. The van der Waals surface area contributed by atoms with Crippen molar-refractivity contribution in [3.05, 3.63) is 87.5 Å². The summed E-state index contributed by atoms with van der Waals surface area (Å²) in [6.45, 7) is 1.50. The van der Waals surface area contributed by atoms with Crippen molar-refractivity contribution in [1.29, 1.82) is 0 Å². The number of halogens is 1. The Morgan fingerprint density at radius 3 is 2.56 bits per heavy atom. The third kappa shape index (κ3) is 4.45. The minimum atomic E-state index is -0.450. The number of hydrogen-bond acceptors (Lipinski definition) is 5. The number of benzene rings is 3. The van der Waals surface area contributed by atoms with Crippen LogP contribution in [0.5, 0.6) is 11.5 Å². The van der Waals surface area contributed by atoms with Gasteiger partial charge in [-0.1, -0.05) is 53.6 Å². The van der Waals surface area contributed by atoms with Crippen LogP contribution in [0.4, 0.5) is 5.69 Å². The van der Waals surface area contributed by atoms with Crippen LogP contribution in [-0.2, 0) is 4.79 Å². The van der Waals surface area contributed by atoms with Crippen molar-refractivity contribution in [2.75, 3.05) is 19.0 Å². The van der Waals surface area contributed by atoms with Crippen LogP contribution in [0.25, 0.3) is 22.3 Å². The maximum atomic E-state index is 13.2. The average molecular weight is 450 g/mol. The fraction of sp³-hybridized carbons (Fsp3) is 0.120. The van der Waals surface area contributed by atoms with Gasteiger partial charge in [0.15, 0.2) is 12.4 Å². The second kappa shape index (κ2) is 9.16. The maximum Gasteiger partial charge on any atom is 0.262 e. The van der Waals surface area contributed by atoms with E-state index in [1.54, 1.807) is 30.3 Å². The molecule has 0 aliphatic rings. The number of rotatable bonds is 6. The number of amides is 1. The Kier molecular flexibility index (Phi) is 6.14. The quantitative estimate of drug-likeness (QED) is 0.423. The molecule has 0 atom stereocenters. The van der Waals surface area contributed by atoms with E-state index >= 15 is 0 Å². The minimum absolute atomic E-state index is 0.0165. The van der Waals surface area contributed by atoms with Gasteiger partial charge in [-0.2, -0.15) is 0 Å². The minimum Gasteiger partial charge on any atom is -0.495 e. The molecule has 162 valence electrons. The predicted octanol–water partition coefficient (Wildman–Crippen LogP) is 5.45. The molecular weight excluding hydrogens is 430 g/mol. The van der Waals surface area contributed by atoms with Gasteiger partial charge in [-0.05, 0) is 37.3 Å². The number of methoxy groups -OCH3 is 1. The van der Waals surface area contributed by atoms with E-state index in [-0.39, 0.29) is 23.5 Å². The van der Waals surface area contributed by atoms with Crippen molar-refractivity contribution in [3.8, 4) is 22.8 Å². The van der Waals surface area contributed by atoms with E-state index in [1.807, 2.05) is 43.3 Å². The molecule has 6 nitrogen and oxygen atoms in total. The lowest BCUT2D eigenvalue weighted by Crippen LogP contribution is -2.22. The van der Waals surface area contributed by atoms with Crippen LogP contribution in [-0.4, -0.2) is 19.6 Å². The molecule has 4 rings (SSSR count). The molecule has 1 amide bonds. The molecule has 0 radical (unpaired) electrons. The number of carbonyl (C=O) groups is 1. The molecule has 0 fully saturated rings. The highest BCUT2D eigenvalue weighted by molar-refractivity contribution is 6.32. The predicted molar refractivity (Wildman–Crippen MR) is 125 cm³/mol. The smallest absolute Gasteiger partial charge is 0.262 e. The number of nitrogens with one attached hydrogen (secondary N) is 1. The highest BCUT2D eigenvalue weighted by Crippen LogP contribution is 2.31. The Morgan fingerprint density at radius 2 is 1.84 bits per heavy atom. The Labute approximate surface area is 189 Å². The first-order valence-corrected chi connectivity index (χ1v) is 10.2. The fourth-order valence-corrected chi connectivity index (χ4v) is 3.54. The number of anilines is 1. The summed E-state index contributed by atoms with van der Waals surface area (Å²) in [5.74, 6) is 0.302. The van der Waals surface area contributed by atoms with Gasteiger partial charge in [0, 0.05) is 11.3 Å². The van der Waals surface area contributed by atoms with Crippen LogP contribution < -0.4 is 20.2 Å². The summed E-state index contributed by atoms with van der Waals surface area (Å²) in [6, 6.07) is 19.4. The van der Waals surface area contributed by atoms with E-state index in [9.17, 15) is 9.59 Å². The van der Waals surface area contributed by atoms with Crippen LogP contribution in [0.15, 0.2) is 75.9 Å². The molecule has 0 bridgehead atoms. The van der Waals surface area contributed by atoms with Crippen LogP contribution in [0, 0.1) is 6.92 Å². The van der Waals surface area contributed by atoms with Crippen molar-refractivity contribution in [3.63, 3.8) is 0 Å². The first-order chi connectivity index (χ1) is 15.5. The molecule has 1 aromatic heterocycles. The lowest BCUT2D eigenvalue weighted by Gasteiger charge is -2.12. The Bertz CT molecular complexity index is 1350. The zero-order valence-corrected chi connectivity index (χ0v) is 18.2. The summed E-state index contributed by atoms with van der Waals surface area (Å²) < 4.78 is 16.8. The first-order valence-electron chi connectivity index (χ1n) is 9.85. The third-order valence-electron chi connectivity index (χ3n) is 4.82. The number of ether oxygens (including phenoxy) is 2. The highest BCUT2D eigenvalue weighted by atomic mass is 35.5. The highest BCUT2D eigenvalue weighted by Gasteiger charge is 2.19. The van der Waals surface area contributed by atoms with E-state index in [4.69, 9.17) is 25.5 Å². The Morgan fingerprint density at radius 1 is 1.06 bits per heavy atom. The van der Waals surface area contributed by atoms with Gasteiger partial charge >= 0.3 is 0 Å². The number of hydrogen-bond donors (Lipinski definition) is 1. The molecule has 3 aromatic carbocycles. The summed E-state index contributed by atoms with van der Waals surface area (Å²) in [6.07, 6.45) is 0. The molecule has 4 aromatic rings. The van der Waals surface area contributed by atoms with E-state index in [1.165, 1.54) is 7.11 Å². The topological polar surface area (TPSA) is 77.8 Å². The molecule has 0 spiro atoms. The molecular formula is C25H20ClNO5. The molecule has 0 aliphatic carbocycles. The van der Waals surface area contributed by atoms with E-state index in [2.05, 4.69) is 5.32 Å². The summed E-state index contributed by atoms with van der Waals surface area (Å²) in [7, 11) is 1.51. The van der Waals surface area contributed by atoms with Crippen molar-refractivity contribution < 1.29 is 18.7 Å². The molecule has 0 saturated carbocycles. The molecule has 0 saturated heterocycles. The van der Waals surface area contributed by atoms with E-state index < -0.39 is 5.91 Å². The van der Waals surface area contributed by atoms with Gasteiger partial charge in [-0.15, -0.1) is 0 Å². The summed E-state index contributed by atoms with van der Waals surface area (Å²) >= 11 is 6.10. The molecule has 1 N–H and O–H groups in total. The van der Waals surface area contributed by atoms with Crippen LogP contribution >= 0.6 is 11.6 Å². The van der Waals surface area contributed by atoms with Crippen molar-refractivity contribution in [1.82, 2.24) is 0 Å². The second-order valence-corrected chi connectivity index (χ2v) is 7.55. The van der Waals surface area contributed by atoms with Crippen molar-refractivity contribution in [2.24, 2.45) is 0 Å². The SMILES string of the molecule is COc1ccc(NC(=O)COc2c(-c3ccccc3)oc3ccc(C)cc3c2=O)cc1Cl. The summed E-state index contributed by atoms with van der Waals surface area (Å²) in [5, 5.41) is 3.45. The summed E-state index contributed by atoms with van der Waals surface area (Å²) in [4.78, 5) is 25.7. The lowest BCUT2D eigenvalue weighted by molar-refractivity contribution is -0.118. The molecule has 32 heavy (non-hydrogen) atoms. The lowest BCUT2D eigenvalue weighted by atomic mass is 10.1. The van der Waals surface area contributed by atoms with Gasteiger partial charge in [0.2, 0.25) is 11.2 Å². The van der Waals surface area contributed by atoms with Crippen LogP contribution in [0.2, 0.25) is 5.02 Å². The monoisotopic (exact) mass is 449 g/mol. The normalized spacial score (nSPS) is 10.7. The second-order valence-electron chi connectivity index (χ2n) is 7.14. The molecule has 0 unspecified atom stereocenters. The van der Waals surface area contributed by atoms with Crippen LogP contribution in [0.1, 0.15) is 5.56 Å². The fourth-order valence-electron chi connectivity index (χ4n) is 3.28. The zero-order chi connectivity index (χ0) is 22.7. The van der Waals surface area contributed by atoms with Gasteiger partial charge in [0.25, 0.3) is 5.91 Å². The third-order valence-corrected chi connectivity index (χ3v) is 5.12. The van der Waals surface area contributed by atoms with E-state index in [0.29, 0.717) is 33.0 Å². The van der Waals surface area contributed by atoms with E-state index in [0.717, 1.165) is 5.56 Å². The number of carbonyl (C=O) groups excluding carboxylic acids is 1.